The van der Waals surface area contributed by atoms with Gasteiger partial charge in [0.2, 0.25) is 11.8 Å². The lowest BCUT2D eigenvalue weighted by Crippen LogP contribution is -2.38. The number of unbranched alkanes of at least 4 members (excludes halogenated alkanes) is 1. The molecule has 0 aromatic heterocycles. The monoisotopic (exact) mass is 392 g/mol. The third-order valence-electron chi connectivity index (χ3n) is 4.06. The van der Waals surface area contributed by atoms with Crippen LogP contribution in [0.4, 0.5) is 18.9 Å². The number of rotatable bonds is 8. The number of nitrogens with zero attached hydrogens (tertiary/aromatic N) is 1. The number of anilines is 1. The Hall–Kier alpha value is -1.76. The van der Waals surface area contributed by atoms with Crippen molar-refractivity contribution < 1.29 is 22.8 Å². The molecule has 1 rings (SSSR count). The maximum absolute atomic E-state index is 12.9. The van der Waals surface area contributed by atoms with Crippen molar-refractivity contribution in [1.82, 2.24) is 4.90 Å². The maximum Gasteiger partial charge on any atom is 0.417 e. The van der Waals surface area contributed by atoms with Crippen LogP contribution in [0.1, 0.15) is 45.1 Å². The second-order valence-electron chi connectivity index (χ2n) is 6.18. The predicted molar refractivity (Wildman–Crippen MR) is 96.0 cm³/mol. The fourth-order valence-corrected chi connectivity index (χ4v) is 2.80. The summed E-state index contributed by atoms with van der Waals surface area (Å²) in [6.45, 7) is 3.72. The minimum absolute atomic E-state index is 0.0226. The van der Waals surface area contributed by atoms with Crippen LogP contribution in [0.3, 0.4) is 0 Å². The molecule has 0 aliphatic heterocycles. The molecule has 0 bridgehead atoms. The smallest absolute Gasteiger partial charge is 0.336 e. The average Bonchev–Trinajstić information content (AvgIpc) is 2.55. The molecular formula is C18H24ClF3N2O2. The van der Waals surface area contributed by atoms with Gasteiger partial charge in [0.25, 0.3) is 0 Å². The molecule has 0 heterocycles. The van der Waals surface area contributed by atoms with Crippen LogP contribution < -0.4 is 5.32 Å². The van der Waals surface area contributed by atoms with Gasteiger partial charge in [0, 0.05) is 18.7 Å². The molecule has 8 heteroatoms. The quantitative estimate of drug-likeness (QED) is 0.678. The molecule has 0 saturated carbocycles. The molecule has 146 valence electrons. The molecule has 0 radical (unpaired) electrons. The van der Waals surface area contributed by atoms with Crippen molar-refractivity contribution in [3.63, 3.8) is 0 Å². The van der Waals surface area contributed by atoms with E-state index >= 15 is 0 Å². The number of benzene rings is 1. The summed E-state index contributed by atoms with van der Waals surface area (Å²) in [5, 5.41) is 1.94. The van der Waals surface area contributed by atoms with E-state index in [9.17, 15) is 22.8 Å². The number of carbonyl (C=O) groups is 2. The molecule has 0 fully saturated rings. The number of alkyl halides is 3. The van der Waals surface area contributed by atoms with E-state index in [1.807, 2.05) is 13.8 Å². The van der Waals surface area contributed by atoms with Gasteiger partial charge in [0.1, 0.15) is 0 Å². The molecule has 1 aromatic carbocycles. The Kier molecular flexibility index (Phi) is 8.40. The summed E-state index contributed by atoms with van der Waals surface area (Å²) in [6.07, 6.45) is -1.28. The summed E-state index contributed by atoms with van der Waals surface area (Å²) in [5.74, 6) is -0.857. The van der Waals surface area contributed by atoms with E-state index in [0.29, 0.717) is 6.42 Å². The Morgan fingerprint density at radius 3 is 2.46 bits per heavy atom. The van der Waals surface area contributed by atoms with Crippen LogP contribution in [-0.4, -0.2) is 30.3 Å². The summed E-state index contributed by atoms with van der Waals surface area (Å²) in [4.78, 5) is 25.8. The van der Waals surface area contributed by atoms with Gasteiger partial charge >= 0.3 is 6.18 Å². The van der Waals surface area contributed by atoms with Crippen molar-refractivity contribution in [2.75, 3.05) is 18.9 Å². The lowest BCUT2D eigenvalue weighted by Gasteiger charge is -2.22. The molecule has 26 heavy (non-hydrogen) atoms. The second kappa shape index (κ2) is 9.80. The van der Waals surface area contributed by atoms with Gasteiger partial charge in [-0.3, -0.25) is 9.59 Å². The molecule has 1 atom stereocenters. The van der Waals surface area contributed by atoms with Crippen LogP contribution in [0.25, 0.3) is 0 Å². The van der Waals surface area contributed by atoms with Crippen LogP contribution in [0, 0.1) is 5.92 Å². The highest BCUT2D eigenvalue weighted by atomic mass is 35.5. The highest BCUT2D eigenvalue weighted by Gasteiger charge is 2.33. The number of hydrogen-bond acceptors (Lipinski definition) is 2. The van der Waals surface area contributed by atoms with Crippen LogP contribution >= 0.6 is 11.6 Å². The Morgan fingerprint density at radius 1 is 1.27 bits per heavy atom. The van der Waals surface area contributed by atoms with Crippen molar-refractivity contribution in [2.45, 2.75) is 45.7 Å². The molecule has 0 aliphatic rings. The molecule has 1 N–H and O–H groups in total. The number of amides is 2. The second-order valence-corrected chi connectivity index (χ2v) is 6.59. The zero-order valence-corrected chi connectivity index (χ0v) is 15.9. The number of likely N-dealkylation sites (N-methyl/N-ethyl adjacent to an activating group) is 1. The Labute approximate surface area is 156 Å². The van der Waals surface area contributed by atoms with Crippen molar-refractivity contribution in [3.8, 4) is 0 Å². The zero-order chi connectivity index (χ0) is 19.9. The Bertz CT molecular complexity index is 635. The molecule has 4 nitrogen and oxygen atoms in total. The fraction of sp³-hybridized carbons (Fsp3) is 0.556. The first-order chi connectivity index (χ1) is 12.1. The molecular weight excluding hydrogens is 369 g/mol. The van der Waals surface area contributed by atoms with Gasteiger partial charge in [-0.2, -0.15) is 13.2 Å². The van der Waals surface area contributed by atoms with Crippen LogP contribution in [0.5, 0.6) is 0 Å². The molecule has 0 unspecified atom stereocenters. The highest BCUT2D eigenvalue weighted by Crippen LogP contribution is 2.36. The summed E-state index contributed by atoms with van der Waals surface area (Å²) in [7, 11) is 1.51. The largest absolute Gasteiger partial charge is 0.417 e. The van der Waals surface area contributed by atoms with Crippen molar-refractivity contribution in [2.24, 2.45) is 5.92 Å². The lowest BCUT2D eigenvalue weighted by molar-refractivity contribution is -0.137. The minimum atomic E-state index is -4.61. The number of nitrogens with one attached hydrogen (secondary N) is 1. The van der Waals surface area contributed by atoms with Gasteiger partial charge in [-0.1, -0.05) is 38.3 Å². The van der Waals surface area contributed by atoms with Crippen LogP contribution in [0.2, 0.25) is 5.02 Å². The summed E-state index contributed by atoms with van der Waals surface area (Å²) < 4.78 is 38.6. The van der Waals surface area contributed by atoms with Gasteiger partial charge in [-0.05, 0) is 31.0 Å². The van der Waals surface area contributed by atoms with E-state index < -0.39 is 22.7 Å². The van der Waals surface area contributed by atoms with Gasteiger partial charge in [-0.25, -0.2) is 0 Å². The van der Waals surface area contributed by atoms with Crippen LogP contribution in [-0.2, 0) is 15.8 Å². The maximum atomic E-state index is 12.9. The first-order valence-electron chi connectivity index (χ1n) is 8.51. The standard InChI is InChI=1S/C18H24ClF3N2O2/c1-4-6-7-12(5-2)17(26)24(3)11-16(25)23-13-8-9-15(19)14(10-13)18(20,21)22/h8-10,12H,4-7,11H2,1-3H3,(H,23,25)/t12-/m1/s1. The third kappa shape index (κ3) is 6.52. The molecule has 1 aromatic rings. The topological polar surface area (TPSA) is 49.4 Å². The Morgan fingerprint density at radius 2 is 1.92 bits per heavy atom. The van der Waals surface area contributed by atoms with Gasteiger partial charge in [0.15, 0.2) is 0 Å². The summed E-state index contributed by atoms with van der Waals surface area (Å²) in [5.41, 5.74) is -1.04. The highest BCUT2D eigenvalue weighted by molar-refractivity contribution is 6.31. The Balaban J connectivity index is 2.73. The van der Waals surface area contributed by atoms with Gasteiger partial charge in [0.05, 0.1) is 17.1 Å². The van der Waals surface area contributed by atoms with Gasteiger partial charge in [-0.15, -0.1) is 0 Å². The predicted octanol–water partition coefficient (Wildman–Crippen LogP) is 4.97. The number of carbonyl (C=O) groups excluding carboxylic acids is 2. The van der Waals surface area contributed by atoms with Crippen molar-refractivity contribution in [1.29, 1.82) is 0 Å². The van der Waals surface area contributed by atoms with E-state index in [2.05, 4.69) is 5.32 Å². The normalized spacial score (nSPS) is 12.6. The molecule has 0 aliphatic carbocycles. The van der Waals surface area contributed by atoms with E-state index in [1.165, 1.54) is 18.0 Å². The fourth-order valence-electron chi connectivity index (χ4n) is 2.58. The van der Waals surface area contributed by atoms with E-state index in [0.717, 1.165) is 31.4 Å². The first-order valence-corrected chi connectivity index (χ1v) is 8.89. The van der Waals surface area contributed by atoms with E-state index in [4.69, 9.17) is 11.6 Å². The molecule has 0 saturated heterocycles. The summed E-state index contributed by atoms with van der Waals surface area (Å²) in [6, 6.07) is 3.14. The molecule has 0 spiro atoms. The molecule has 2 amide bonds. The van der Waals surface area contributed by atoms with E-state index in [1.54, 1.807) is 0 Å². The number of hydrogen-bond donors (Lipinski definition) is 1. The third-order valence-corrected chi connectivity index (χ3v) is 4.39. The SMILES string of the molecule is CCCC[C@@H](CC)C(=O)N(C)CC(=O)Nc1ccc(Cl)c(C(F)(F)F)c1. The van der Waals surface area contributed by atoms with Crippen molar-refractivity contribution in [3.05, 3.63) is 28.8 Å². The van der Waals surface area contributed by atoms with Gasteiger partial charge < -0.3 is 10.2 Å². The average molecular weight is 393 g/mol. The zero-order valence-electron chi connectivity index (χ0n) is 15.1. The van der Waals surface area contributed by atoms with Crippen LogP contribution in [0.15, 0.2) is 18.2 Å². The minimum Gasteiger partial charge on any atom is -0.336 e. The summed E-state index contributed by atoms with van der Waals surface area (Å²) >= 11 is 5.55. The number of halogens is 4. The van der Waals surface area contributed by atoms with Crippen molar-refractivity contribution >= 4 is 29.1 Å². The van der Waals surface area contributed by atoms with E-state index in [-0.39, 0.29) is 24.1 Å². The lowest BCUT2D eigenvalue weighted by atomic mass is 9.98. The first kappa shape index (κ1) is 22.3.